The lowest BCUT2D eigenvalue weighted by Gasteiger charge is -2.30. The second-order valence-corrected chi connectivity index (χ2v) is 6.26. The lowest BCUT2D eigenvalue weighted by atomic mass is 9.80. The molecule has 0 unspecified atom stereocenters. The first-order chi connectivity index (χ1) is 13.2. The molecule has 0 spiro atoms. The normalized spacial score (nSPS) is 16.4. The predicted octanol–water partition coefficient (Wildman–Crippen LogP) is 3.77. The van der Waals surface area contributed by atoms with Crippen LogP contribution >= 0.6 is 0 Å². The van der Waals surface area contributed by atoms with Gasteiger partial charge in [0.15, 0.2) is 0 Å². The summed E-state index contributed by atoms with van der Waals surface area (Å²) in [5, 5.41) is 37.8. The maximum Gasteiger partial charge on any atom is 0.300 e. The van der Waals surface area contributed by atoms with Crippen molar-refractivity contribution in [3.63, 3.8) is 0 Å². The third-order valence-electron chi connectivity index (χ3n) is 4.14. The first-order valence-corrected chi connectivity index (χ1v) is 8.60. The highest BCUT2D eigenvalue weighted by molar-refractivity contribution is 5.93. The lowest BCUT2D eigenvalue weighted by molar-refractivity contribution is -0.135. The zero-order valence-electron chi connectivity index (χ0n) is 15.5. The zero-order valence-corrected chi connectivity index (χ0v) is 15.5. The molecule has 0 aromatic heterocycles. The van der Waals surface area contributed by atoms with Crippen LogP contribution in [0.2, 0.25) is 0 Å². The van der Waals surface area contributed by atoms with Crippen molar-refractivity contribution in [2.45, 2.75) is 26.1 Å². The Labute approximate surface area is 162 Å². The van der Waals surface area contributed by atoms with Crippen LogP contribution in [-0.4, -0.2) is 32.4 Å². The monoisotopic (exact) mass is 382 g/mol. The van der Waals surface area contributed by atoms with Gasteiger partial charge in [0.2, 0.25) is 0 Å². The predicted molar refractivity (Wildman–Crippen MR) is 106 cm³/mol. The van der Waals surface area contributed by atoms with E-state index in [0.717, 1.165) is 46.9 Å². The largest absolute Gasteiger partial charge is 0.481 e. The zero-order chi connectivity index (χ0) is 20.8. The van der Waals surface area contributed by atoms with Crippen LogP contribution in [0.15, 0.2) is 60.7 Å². The van der Waals surface area contributed by atoms with E-state index in [9.17, 15) is 10.2 Å². The molecule has 0 radical (unpaired) electrons. The summed E-state index contributed by atoms with van der Waals surface area (Å²) in [6, 6.07) is 19.8. The van der Waals surface area contributed by atoms with Crippen molar-refractivity contribution in [2.75, 3.05) is 0 Å². The Kier molecular flexibility index (Phi) is 6.87. The van der Waals surface area contributed by atoms with Crippen molar-refractivity contribution in [3.8, 4) is 11.1 Å². The number of fused-ring (bicyclic) bond motifs is 5. The first kappa shape index (κ1) is 21.1. The number of carboxylic acid groups (broad SMARTS) is 2. The second kappa shape index (κ2) is 9.12. The van der Waals surface area contributed by atoms with Gasteiger partial charge in [-0.3, -0.25) is 9.59 Å². The first-order valence-electron chi connectivity index (χ1n) is 8.60. The third kappa shape index (κ3) is 4.73. The van der Waals surface area contributed by atoms with Crippen LogP contribution in [0.4, 0.5) is 0 Å². The van der Waals surface area contributed by atoms with E-state index < -0.39 is 24.1 Å². The quantitative estimate of drug-likeness (QED) is 0.470. The van der Waals surface area contributed by atoms with Crippen molar-refractivity contribution >= 4 is 22.7 Å². The number of hydrogen-bond donors (Lipinski definition) is 4. The molecule has 4 rings (SSSR count). The molecule has 3 aromatic carbocycles. The highest BCUT2D eigenvalue weighted by atomic mass is 16.4. The molecule has 0 heterocycles. The third-order valence-corrected chi connectivity index (χ3v) is 4.14. The molecular formula is C22H22O6. The number of benzene rings is 3. The molecule has 6 nitrogen and oxygen atoms in total. The van der Waals surface area contributed by atoms with E-state index in [1.165, 1.54) is 0 Å². The molecule has 1 aliphatic carbocycles. The molecule has 0 aliphatic heterocycles. The van der Waals surface area contributed by atoms with Gasteiger partial charge < -0.3 is 20.4 Å². The van der Waals surface area contributed by atoms with Gasteiger partial charge >= 0.3 is 0 Å². The molecule has 4 N–H and O–H groups in total. The minimum absolute atomic E-state index is 0.794. The van der Waals surface area contributed by atoms with Crippen LogP contribution in [0.25, 0.3) is 21.9 Å². The number of aliphatic carboxylic acids is 2. The molecule has 0 bridgehead atoms. The smallest absolute Gasteiger partial charge is 0.300 e. The molecule has 28 heavy (non-hydrogen) atoms. The minimum Gasteiger partial charge on any atom is -0.481 e. The van der Waals surface area contributed by atoms with Crippen LogP contribution in [0.3, 0.4) is 0 Å². The Hall–Kier alpha value is -3.22. The Bertz CT molecular complexity index is 975. The van der Waals surface area contributed by atoms with Gasteiger partial charge in [-0.1, -0.05) is 60.7 Å². The summed E-state index contributed by atoms with van der Waals surface area (Å²) in [6.07, 6.45) is -1.75. The van der Waals surface area contributed by atoms with Gasteiger partial charge in [0, 0.05) is 13.8 Å². The summed E-state index contributed by atoms with van der Waals surface area (Å²) in [5.41, 5.74) is 3.64. The Balaban J connectivity index is 0.000000302. The molecule has 1 aliphatic rings. The Morgan fingerprint density at radius 2 is 1.25 bits per heavy atom. The summed E-state index contributed by atoms with van der Waals surface area (Å²) in [7, 11) is 0. The molecular weight excluding hydrogens is 360 g/mol. The van der Waals surface area contributed by atoms with Gasteiger partial charge in [0.1, 0.15) is 12.2 Å². The minimum atomic E-state index is -0.883. The standard InChI is InChI=1S/C18H14O2.2C2H4O2/c19-17-15-8-4-3-7-13(15)14-10-9-11-5-1-2-6-12(11)16(14)18(17)20;2*1-2(3)4/h1-10,17-20H;2*1H3,(H,3,4)/t17-,18-;;/m1../s1. The average Bonchev–Trinajstić information content (AvgIpc) is 2.64. The summed E-state index contributed by atoms with van der Waals surface area (Å²) >= 11 is 0. The summed E-state index contributed by atoms with van der Waals surface area (Å²) < 4.78 is 0. The fourth-order valence-corrected chi connectivity index (χ4v) is 3.18. The fraction of sp³-hybridized carbons (Fsp3) is 0.182. The number of rotatable bonds is 0. The SMILES string of the molecule is CC(=O)O.CC(=O)O.O[C@@H]1c2ccccc2-c2ccc3ccccc3c2[C@H]1O. The number of carboxylic acids is 2. The van der Waals surface area contributed by atoms with Crippen LogP contribution in [0, 0.1) is 0 Å². The number of carbonyl (C=O) groups is 2. The molecule has 3 aromatic rings. The molecule has 2 atom stereocenters. The molecule has 6 heteroatoms. The molecule has 0 saturated heterocycles. The number of hydrogen-bond acceptors (Lipinski definition) is 4. The van der Waals surface area contributed by atoms with E-state index >= 15 is 0 Å². The van der Waals surface area contributed by atoms with Crippen LogP contribution in [-0.2, 0) is 9.59 Å². The molecule has 0 saturated carbocycles. The topological polar surface area (TPSA) is 115 Å². The highest BCUT2D eigenvalue weighted by Gasteiger charge is 2.31. The van der Waals surface area contributed by atoms with Crippen molar-refractivity contribution in [1.29, 1.82) is 0 Å². The molecule has 146 valence electrons. The van der Waals surface area contributed by atoms with Gasteiger partial charge in [-0.15, -0.1) is 0 Å². The Morgan fingerprint density at radius 3 is 1.89 bits per heavy atom. The maximum absolute atomic E-state index is 10.5. The van der Waals surface area contributed by atoms with Gasteiger partial charge in [-0.05, 0) is 33.0 Å². The van der Waals surface area contributed by atoms with E-state index in [0.29, 0.717) is 0 Å². The van der Waals surface area contributed by atoms with Crippen LogP contribution in [0.1, 0.15) is 37.2 Å². The maximum atomic E-state index is 10.5. The molecule has 0 amide bonds. The van der Waals surface area contributed by atoms with E-state index in [-0.39, 0.29) is 0 Å². The molecule has 0 fully saturated rings. The Morgan fingerprint density at radius 1 is 0.714 bits per heavy atom. The second-order valence-electron chi connectivity index (χ2n) is 6.26. The number of aliphatic hydroxyl groups is 2. The van der Waals surface area contributed by atoms with Gasteiger partial charge in [-0.2, -0.15) is 0 Å². The van der Waals surface area contributed by atoms with Gasteiger partial charge in [0.05, 0.1) is 0 Å². The van der Waals surface area contributed by atoms with E-state index in [1.54, 1.807) is 0 Å². The average molecular weight is 382 g/mol. The highest BCUT2D eigenvalue weighted by Crippen LogP contribution is 2.46. The lowest BCUT2D eigenvalue weighted by Crippen LogP contribution is -2.17. The van der Waals surface area contributed by atoms with Gasteiger partial charge in [-0.25, -0.2) is 0 Å². The summed E-state index contributed by atoms with van der Waals surface area (Å²) in [5.74, 6) is -1.67. The van der Waals surface area contributed by atoms with E-state index in [1.807, 2.05) is 54.6 Å². The summed E-state index contributed by atoms with van der Waals surface area (Å²) in [4.78, 5) is 18.0. The van der Waals surface area contributed by atoms with Gasteiger partial charge in [0.25, 0.3) is 11.9 Å². The number of aliphatic hydroxyl groups excluding tert-OH is 2. The summed E-state index contributed by atoms with van der Waals surface area (Å²) in [6.45, 7) is 2.17. The van der Waals surface area contributed by atoms with Crippen molar-refractivity contribution in [1.82, 2.24) is 0 Å². The van der Waals surface area contributed by atoms with Crippen molar-refractivity contribution < 1.29 is 30.0 Å². The fourth-order valence-electron chi connectivity index (χ4n) is 3.18. The van der Waals surface area contributed by atoms with E-state index in [2.05, 4.69) is 6.07 Å². The van der Waals surface area contributed by atoms with Crippen molar-refractivity contribution in [3.05, 3.63) is 71.8 Å². The van der Waals surface area contributed by atoms with Crippen molar-refractivity contribution in [2.24, 2.45) is 0 Å². The van der Waals surface area contributed by atoms with Crippen LogP contribution < -0.4 is 0 Å². The van der Waals surface area contributed by atoms with E-state index in [4.69, 9.17) is 19.8 Å². The van der Waals surface area contributed by atoms with Crippen LogP contribution in [0.5, 0.6) is 0 Å².